The van der Waals surface area contributed by atoms with Gasteiger partial charge in [0.1, 0.15) is 0 Å². The Kier molecular flexibility index (Phi) is 7.16. The first kappa shape index (κ1) is 20.8. The largest absolute Gasteiger partial charge is 0.384 e. The predicted octanol–water partition coefficient (Wildman–Crippen LogP) is 1.04. The number of carbonyl (C=O) groups excluding carboxylic acids is 1. The van der Waals surface area contributed by atoms with Gasteiger partial charge in [-0.25, -0.2) is 13.1 Å². The third-order valence-electron chi connectivity index (χ3n) is 4.84. The Bertz CT molecular complexity index is 722. The summed E-state index contributed by atoms with van der Waals surface area (Å²) in [5, 5.41) is 6.30. The minimum absolute atomic E-state index is 0.0863. The number of amides is 1. The molecule has 1 fully saturated rings. The number of nitrogens with one attached hydrogen (secondary N) is 3. The molecule has 8 heteroatoms. The van der Waals surface area contributed by atoms with Gasteiger partial charge in [0, 0.05) is 31.2 Å². The number of hydrogen-bond acceptors (Lipinski definition) is 5. The van der Waals surface area contributed by atoms with Crippen molar-refractivity contribution >= 4 is 15.9 Å². The molecule has 1 heterocycles. The molecule has 1 aliphatic rings. The number of benzene rings is 1. The van der Waals surface area contributed by atoms with Crippen molar-refractivity contribution in [2.45, 2.75) is 31.6 Å². The molecule has 3 N–H and O–H groups in total. The second-order valence-corrected chi connectivity index (χ2v) is 8.61. The van der Waals surface area contributed by atoms with Gasteiger partial charge in [0.25, 0.3) is 5.91 Å². The van der Waals surface area contributed by atoms with Crippen LogP contribution in [0.3, 0.4) is 0 Å². The number of hydrogen-bond donors (Lipinski definition) is 3. The third-order valence-corrected chi connectivity index (χ3v) is 6.38. The lowest BCUT2D eigenvalue weighted by molar-refractivity contribution is 0.0511. The summed E-state index contributed by atoms with van der Waals surface area (Å²) >= 11 is 0. The van der Waals surface area contributed by atoms with Crippen molar-refractivity contribution in [3.8, 4) is 0 Å². The summed E-state index contributed by atoms with van der Waals surface area (Å²) in [6.07, 6.45) is 1.85. The van der Waals surface area contributed by atoms with Crippen LogP contribution in [-0.4, -0.2) is 54.2 Å². The summed E-state index contributed by atoms with van der Waals surface area (Å²) in [5.41, 5.74) is 1.03. The summed E-state index contributed by atoms with van der Waals surface area (Å²) < 4.78 is 32.2. The second kappa shape index (κ2) is 8.94. The standard InChI is InChI=1S/C18H29N3O4S/c1-4-21-26(23,24)15-6-5-14(2)16(11-15)17(22)20-12-18(13-25-3)7-9-19-10-8-18/h5-6,11,19,21H,4,7-10,12-13H2,1-3H3,(H,20,22). The van der Waals surface area contributed by atoms with Crippen molar-refractivity contribution in [1.82, 2.24) is 15.4 Å². The highest BCUT2D eigenvalue weighted by atomic mass is 32.2. The van der Waals surface area contributed by atoms with Gasteiger partial charge in [0.15, 0.2) is 0 Å². The number of aryl methyl sites for hydroxylation is 1. The molecule has 7 nitrogen and oxygen atoms in total. The van der Waals surface area contributed by atoms with Gasteiger partial charge in [-0.1, -0.05) is 13.0 Å². The first-order valence-electron chi connectivity index (χ1n) is 8.92. The van der Waals surface area contributed by atoms with Crippen LogP contribution in [0, 0.1) is 12.3 Å². The maximum Gasteiger partial charge on any atom is 0.251 e. The van der Waals surface area contributed by atoms with Crippen molar-refractivity contribution < 1.29 is 17.9 Å². The maximum absolute atomic E-state index is 12.7. The highest BCUT2D eigenvalue weighted by Gasteiger charge is 2.32. The lowest BCUT2D eigenvalue weighted by Gasteiger charge is -2.37. The Morgan fingerprint density at radius 3 is 2.62 bits per heavy atom. The lowest BCUT2D eigenvalue weighted by atomic mass is 9.79. The van der Waals surface area contributed by atoms with Gasteiger partial charge in [-0.15, -0.1) is 0 Å². The predicted molar refractivity (Wildman–Crippen MR) is 101 cm³/mol. The van der Waals surface area contributed by atoms with Crippen molar-refractivity contribution in [2.24, 2.45) is 5.41 Å². The molecular formula is C18H29N3O4S. The average Bonchev–Trinajstić information content (AvgIpc) is 2.61. The Morgan fingerprint density at radius 2 is 2.00 bits per heavy atom. The molecule has 0 radical (unpaired) electrons. The van der Waals surface area contributed by atoms with Gasteiger partial charge in [-0.2, -0.15) is 0 Å². The zero-order valence-electron chi connectivity index (χ0n) is 15.7. The smallest absolute Gasteiger partial charge is 0.251 e. The minimum atomic E-state index is -3.60. The van der Waals surface area contributed by atoms with Crippen LogP contribution in [0.15, 0.2) is 23.1 Å². The summed E-state index contributed by atoms with van der Waals surface area (Å²) in [5.74, 6) is -0.259. The van der Waals surface area contributed by atoms with Crippen molar-refractivity contribution in [2.75, 3.05) is 39.9 Å². The van der Waals surface area contributed by atoms with Crippen LogP contribution in [0.2, 0.25) is 0 Å². The highest BCUT2D eigenvalue weighted by molar-refractivity contribution is 7.89. The van der Waals surface area contributed by atoms with E-state index in [4.69, 9.17) is 4.74 Å². The maximum atomic E-state index is 12.7. The topological polar surface area (TPSA) is 96.5 Å². The first-order valence-corrected chi connectivity index (χ1v) is 10.4. The number of sulfonamides is 1. The zero-order valence-corrected chi connectivity index (χ0v) is 16.5. The normalized spacial score (nSPS) is 17.0. The van der Waals surface area contributed by atoms with E-state index in [9.17, 15) is 13.2 Å². The molecule has 1 aromatic rings. The van der Waals surface area contributed by atoms with Crippen LogP contribution >= 0.6 is 0 Å². The summed E-state index contributed by atoms with van der Waals surface area (Å²) in [6.45, 7) is 6.70. The van der Waals surface area contributed by atoms with E-state index >= 15 is 0 Å². The molecule has 2 rings (SSSR count). The SMILES string of the molecule is CCNS(=O)(=O)c1ccc(C)c(C(=O)NCC2(COC)CCNCC2)c1. The molecule has 1 amide bonds. The van der Waals surface area contributed by atoms with Gasteiger partial charge in [-0.05, 0) is 50.6 Å². The average molecular weight is 384 g/mol. The van der Waals surface area contributed by atoms with Gasteiger partial charge >= 0.3 is 0 Å². The Hall–Kier alpha value is -1.48. The van der Waals surface area contributed by atoms with Gasteiger partial charge in [0.05, 0.1) is 11.5 Å². The second-order valence-electron chi connectivity index (χ2n) is 6.84. The van der Waals surface area contributed by atoms with E-state index in [2.05, 4.69) is 15.4 Å². The molecule has 26 heavy (non-hydrogen) atoms. The van der Waals surface area contributed by atoms with Crippen molar-refractivity contribution in [3.05, 3.63) is 29.3 Å². The molecule has 146 valence electrons. The van der Waals surface area contributed by atoms with Crippen molar-refractivity contribution in [1.29, 1.82) is 0 Å². The Morgan fingerprint density at radius 1 is 1.31 bits per heavy atom. The molecule has 0 unspecified atom stereocenters. The monoisotopic (exact) mass is 383 g/mol. The van der Waals surface area contributed by atoms with Crippen molar-refractivity contribution in [3.63, 3.8) is 0 Å². The van der Waals surface area contributed by atoms with Crippen LogP contribution in [0.1, 0.15) is 35.7 Å². The van der Waals surface area contributed by atoms with Gasteiger partial charge in [0.2, 0.25) is 10.0 Å². The fourth-order valence-electron chi connectivity index (χ4n) is 3.28. The van der Waals surface area contributed by atoms with E-state index in [-0.39, 0.29) is 16.2 Å². The molecule has 1 saturated heterocycles. The van der Waals surface area contributed by atoms with Crippen LogP contribution < -0.4 is 15.4 Å². The van der Waals surface area contributed by atoms with E-state index in [1.807, 2.05) is 0 Å². The molecule has 1 aromatic carbocycles. The molecular weight excluding hydrogens is 354 g/mol. The minimum Gasteiger partial charge on any atom is -0.384 e. The van der Waals surface area contributed by atoms with E-state index in [0.717, 1.165) is 31.5 Å². The quantitative estimate of drug-likeness (QED) is 0.623. The van der Waals surface area contributed by atoms with Crippen LogP contribution in [0.25, 0.3) is 0 Å². The number of piperidine rings is 1. The van der Waals surface area contributed by atoms with E-state index in [1.54, 1.807) is 27.0 Å². The van der Waals surface area contributed by atoms with Gasteiger partial charge < -0.3 is 15.4 Å². The fourth-order valence-corrected chi connectivity index (χ4v) is 4.35. The van der Waals surface area contributed by atoms with Crippen LogP contribution in [0.5, 0.6) is 0 Å². The Balaban J connectivity index is 2.16. The van der Waals surface area contributed by atoms with E-state index in [1.165, 1.54) is 12.1 Å². The van der Waals surface area contributed by atoms with E-state index in [0.29, 0.717) is 25.3 Å². The number of ether oxygens (including phenoxy) is 1. The molecule has 0 aliphatic carbocycles. The van der Waals surface area contributed by atoms with Crippen LogP contribution in [-0.2, 0) is 14.8 Å². The number of carbonyl (C=O) groups is 1. The summed E-state index contributed by atoms with van der Waals surface area (Å²) in [4.78, 5) is 12.8. The number of methoxy groups -OCH3 is 1. The fraction of sp³-hybridized carbons (Fsp3) is 0.611. The third kappa shape index (κ3) is 5.03. The van der Waals surface area contributed by atoms with E-state index < -0.39 is 10.0 Å². The number of rotatable bonds is 8. The molecule has 0 atom stereocenters. The molecule has 0 aromatic heterocycles. The van der Waals surface area contributed by atoms with Crippen LogP contribution in [0.4, 0.5) is 0 Å². The highest BCUT2D eigenvalue weighted by Crippen LogP contribution is 2.28. The Labute approximate surface area is 155 Å². The molecule has 0 spiro atoms. The summed E-state index contributed by atoms with van der Waals surface area (Å²) in [6, 6.07) is 4.62. The van der Waals surface area contributed by atoms with Gasteiger partial charge in [-0.3, -0.25) is 4.79 Å². The molecule has 0 bridgehead atoms. The lowest BCUT2D eigenvalue weighted by Crippen LogP contribution is -2.47. The zero-order chi connectivity index (χ0) is 19.2. The molecule has 0 saturated carbocycles. The first-order chi connectivity index (χ1) is 12.3. The molecule has 1 aliphatic heterocycles. The summed E-state index contributed by atoms with van der Waals surface area (Å²) in [7, 11) is -1.93.